The van der Waals surface area contributed by atoms with Crippen LogP contribution in [0.3, 0.4) is 0 Å². The summed E-state index contributed by atoms with van der Waals surface area (Å²) in [7, 11) is 0. The fraction of sp³-hybridized carbons (Fsp3) is 0.391. The normalized spacial score (nSPS) is 19.4. The van der Waals surface area contributed by atoms with E-state index >= 15 is 0 Å². The molecule has 1 aliphatic heterocycles. The van der Waals surface area contributed by atoms with E-state index in [1.165, 1.54) is 19.1 Å². The lowest BCUT2D eigenvalue weighted by atomic mass is 10.1. The van der Waals surface area contributed by atoms with E-state index in [9.17, 15) is 14.0 Å². The van der Waals surface area contributed by atoms with Gasteiger partial charge in [-0.3, -0.25) is 14.5 Å². The average Bonchev–Trinajstić information content (AvgIpc) is 2.71. The highest BCUT2D eigenvalue weighted by Gasteiger charge is 2.32. The third kappa shape index (κ3) is 5.57. The van der Waals surface area contributed by atoms with E-state index in [2.05, 4.69) is 17.1 Å². The molecule has 2 aromatic rings. The van der Waals surface area contributed by atoms with Crippen molar-refractivity contribution in [1.82, 2.24) is 9.80 Å². The molecule has 30 heavy (non-hydrogen) atoms. The van der Waals surface area contributed by atoms with Crippen LogP contribution >= 0.6 is 0 Å². The van der Waals surface area contributed by atoms with Crippen molar-refractivity contribution in [2.75, 3.05) is 25.0 Å². The first kappa shape index (κ1) is 21.8. The van der Waals surface area contributed by atoms with Crippen molar-refractivity contribution in [2.24, 2.45) is 0 Å². The van der Waals surface area contributed by atoms with E-state index in [1.807, 2.05) is 11.8 Å². The molecule has 2 atom stereocenters. The van der Waals surface area contributed by atoms with Gasteiger partial charge < -0.3 is 15.0 Å². The van der Waals surface area contributed by atoms with Gasteiger partial charge in [-0.05, 0) is 43.7 Å². The highest BCUT2D eigenvalue weighted by molar-refractivity contribution is 5.90. The summed E-state index contributed by atoms with van der Waals surface area (Å²) in [6.07, 6.45) is 0. The van der Waals surface area contributed by atoms with Crippen molar-refractivity contribution in [2.45, 2.75) is 39.4 Å². The number of para-hydroxylation sites is 2. The summed E-state index contributed by atoms with van der Waals surface area (Å²) in [5.41, 5.74) is 1.59. The van der Waals surface area contributed by atoms with Crippen molar-refractivity contribution in [1.29, 1.82) is 0 Å². The number of carbonyl (C=O) groups excluding carboxylic acids is 2. The number of piperazine rings is 1. The van der Waals surface area contributed by atoms with Crippen LogP contribution in [0.2, 0.25) is 0 Å². The van der Waals surface area contributed by atoms with Crippen LogP contribution in [0.5, 0.6) is 5.75 Å². The van der Waals surface area contributed by atoms with Gasteiger partial charge in [-0.15, -0.1) is 0 Å². The highest BCUT2D eigenvalue weighted by atomic mass is 19.1. The topological polar surface area (TPSA) is 61.9 Å². The monoisotopic (exact) mass is 413 g/mol. The predicted octanol–water partition coefficient (Wildman–Crippen LogP) is 3.28. The van der Waals surface area contributed by atoms with Crippen LogP contribution in [0.1, 0.15) is 26.3 Å². The third-order valence-corrected chi connectivity index (χ3v) is 5.28. The van der Waals surface area contributed by atoms with E-state index in [1.54, 1.807) is 36.4 Å². The molecule has 0 spiro atoms. The fourth-order valence-corrected chi connectivity index (χ4v) is 3.70. The number of nitrogens with zero attached hydrogens (tertiary/aromatic N) is 2. The minimum absolute atomic E-state index is 0.0309. The van der Waals surface area contributed by atoms with Crippen LogP contribution in [0.15, 0.2) is 48.5 Å². The number of nitrogens with one attached hydrogen (secondary N) is 1. The number of hydrogen-bond acceptors (Lipinski definition) is 4. The number of ether oxygens (including phenoxy) is 1. The van der Waals surface area contributed by atoms with Crippen LogP contribution in [0, 0.1) is 5.82 Å². The Morgan fingerprint density at radius 2 is 1.77 bits per heavy atom. The quantitative estimate of drug-likeness (QED) is 0.790. The van der Waals surface area contributed by atoms with Crippen LogP contribution in [-0.4, -0.2) is 53.4 Å². The number of anilines is 1. The number of amides is 2. The maximum atomic E-state index is 13.1. The molecule has 1 saturated heterocycles. The SMILES string of the molecule is CC(=O)Nc1ccccc1OCC(=O)N1C[C@@H](C)N(Cc2ccc(F)cc2)C[C@@H]1C. The molecular weight excluding hydrogens is 385 g/mol. The predicted molar refractivity (Wildman–Crippen MR) is 114 cm³/mol. The van der Waals surface area contributed by atoms with Crippen LogP contribution in [0.4, 0.5) is 10.1 Å². The first-order valence-electron chi connectivity index (χ1n) is 10.1. The van der Waals surface area contributed by atoms with Crippen molar-refractivity contribution in [3.63, 3.8) is 0 Å². The van der Waals surface area contributed by atoms with Gasteiger partial charge >= 0.3 is 0 Å². The largest absolute Gasteiger partial charge is 0.482 e. The van der Waals surface area contributed by atoms with Gasteiger partial charge in [0.2, 0.25) is 5.91 Å². The van der Waals surface area contributed by atoms with Gasteiger partial charge in [-0.1, -0.05) is 24.3 Å². The summed E-state index contributed by atoms with van der Waals surface area (Å²) in [6, 6.07) is 13.8. The van der Waals surface area contributed by atoms with E-state index in [0.717, 1.165) is 12.1 Å². The van der Waals surface area contributed by atoms with Crippen LogP contribution in [0.25, 0.3) is 0 Å². The van der Waals surface area contributed by atoms with Gasteiger partial charge in [0.15, 0.2) is 6.61 Å². The zero-order chi connectivity index (χ0) is 21.7. The van der Waals surface area contributed by atoms with Gasteiger partial charge in [0.1, 0.15) is 11.6 Å². The minimum Gasteiger partial charge on any atom is -0.482 e. The Bertz CT molecular complexity index is 888. The smallest absolute Gasteiger partial charge is 0.260 e. The Morgan fingerprint density at radius 1 is 1.07 bits per heavy atom. The molecule has 0 aromatic heterocycles. The van der Waals surface area contributed by atoms with Gasteiger partial charge in [0.25, 0.3) is 5.91 Å². The number of hydrogen-bond donors (Lipinski definition) is 1. The van der Waals surface area contributed by atoms with Crippen LogP contribution in [-0.2, 0) is 16.1 Å². The second kappa shape index (κ2) is 9.71. The molecule has 0 aliphatic carbocycles. The van der Waals surface area contributed by atoms with Crippen LogP contribution < -0.4 is 10.1 Å². The summed E-state index contributed by atoms with van der Waals surface area (Å²) >= 11 is 0. The standard InChI is InChI=1S/C23H28FN3O3/c1-16-13-27(17(2)12-26(16)14-19-8-10-20(24)11-9-19)23(29)15-30-22-7-5-4-6-21(22)25-18(3)28/h4-11,16-17H,12-15H2,1-3H3,(H,25,28)/t16-,17+/m1/s1. The molecule has 160 valence electrons. The van der Waals surface area contributed by atoms with E-state index < -0.39 is 0 Å². The van der Waals surface area contributed by atoms with E-state index in [4.69, 9.17) is 4.74 Å². The molecule has 6 nitrogen and oxygen atoms in total. The molecule has 3 rings (SSSR count). The Hall–Kier alpha value is -2.93. The van der Waals surface area contributed by atoms with E-state index in [0.29, 0.717) is 24.5 Å². The van der Waals surface area contributed by atoms with Crippen molar-refractivity contribution >= 4 is 17.5 Å². The molecule has 0 bridgehead atoms. The summed E-state index contributed by atoms with van der Waals surface area (Å²) in [4.78, 5) is 28.3. The van der Waals surface area contributed by atoms with Gasteiger partial charge in [0, 0.05) is 38.6 Å². The average molecular weight is 413 g/mol. The Labute approximate surface area is 176 Å². The second-order valence-corrected chi connectivity index (χ2v) is 7.77. The first-order chi connectivity index (χ1) is 14.3. The zero-order valence-corrected chi connectivity index (χ0v) is 17.6. The number of carbonyl (C=O) groups is 2. The molecule has 1 N–H and O–H groups in total. The minimum atomic E-state index is -0.240. The Balaban J connectivity index is 1.57. The lowest BCUT2D eigenvalue weighted by Crippen LogP contribution is -2.58. The van der Waals surface area contributed by atoms with Crippen molar-refractivity contribution in [3.05, 3.63) is 59.9 Å². The molecule has 0 radical (unpaired) electrons. The summed E-state index contributed by atoms with van der Waals surface area (Å²) in [5.74, 6) is -0.0575. The Kier molecular flexibility index (Phi) is 7.05. The number of rotatable bonds is 6. The lowest BCUT2D eigenvalue weighted by molar-refractivity contribution is -0.139. The second-order valence-electron chi connectivity index (χ2n) is 7.77. The number of halogens is 1. The van der Waals surface area contributed by atoms with E-state index in [-0.39, 0.29) is 36.3 Å². The molecule has 1 aliphatic rings. The molecule has 1 heterocycles. The third-order valence-electron chi connectivity index (χ3n) is 5.28. The van der Waals surface area contributed by atoms with Crippen molar-refractivity contribution in [3.8, 4) is 5.75 Å². The maximum Gasteiger partial charge on any atom is 0.260 e. The molecule has 1 fully saturated rings. The maximum absolute atomic E-state index is 13.1. The Morgan fingerprint density at radius 3 is 2.47 bits per heavy atom. The molecule has 2 aromatic carbocycles. The molecule has 0 saturated carbocycles. The van der Waals surface area contributed by atoms with Gasteiger partial charge in [-0.25, -0.2) is 4.39 Å². The first-order valence-corrected chi connectivity index (χ1v) is 10.1. The molecule has 0 unspecified atom stereocenters. The molecular formula is C23H28FN3O3. The lowest BCUT2D eigenvalue weighted by Gasteiger charge is -2.44. The summed E-state index contributed by atoms with van der Waals surface area (Å²) in [6.45, 7) is 7.48. The highest BCUT2D eigenvalue weighted by Crippen LogP contribution is 2.24. The van der Waals surface area contributed by atoms with Gasteiger partial charge in [0.05, 0.1) is 5.69 Å². The zero-order valence-electron chi connectivity index (χ0n) is 17.6. The van der Waals surface area contributed by atoms with Gasteiger partial charge in [-0.2, -0.15) is 0 Å². The number of benzene rings is 2. The summed E-state index contributed by atoms with van der Waals surface area (Å²) in [5, 5.41) is 2.71. The molecule has 7 heteroatoms. The summed E-state index contributed by atoms with van der Waals surface area (Å²) < 4.78 is 18.9. The van der Waals surface area contributed by atoms with Crippen molar-refractivity contribution < 1.29 is 18.7 Å². The molecule has 2 amide bonds. The fourth-order valence-electron chi connectivity index (χ4n) is 3.70.